The molecule has 4 heteroatoms. The van der Waals surface area contributed by atoms with E-state index in [0.29, 0.717) is 0 Å². The maximum Gasteiger partial charge on any atom is -0.0195 e. The first-order chi connectivity index (χ1) is 29.8. The van der Waals surface area contributed by atoms with Gasteiger partial charge in [0.1, 0.15) is 0 Å². The zero-order valence-corrected chi connectivity index (χ0v) is 38.1. The summed E-state index contributed by atoms with van der Waals surface area (Å²) in [6, 6.07) is 88.7. The third kappa shape index (κ3) is 13.2. The topological polar surface area (TPSA) is 0 Å². The lowest BCUT2D eigenvalue weighted by atomic mass is 10.2. The molecule has 0 aliphatic carbocycles. The molecule has 0 aliphatic heterocycles. The van der Waals surface area contributed by atoms with Crippen LogP contribution in [0.25, 0.3) is 0 Å². The minimum absolute atomic E-state index is 0.252. The molecule has 300 valence electrons. The van der Waals surface area contributed by atoms with Crippen molar-refractivity contribution < 1.29 is 0 Å². The van der Waals surface area contributed by atoms with E-state index < -0.39 is 0 Å². The monoisotopic (exact) mass is 852 g/mol. The molecule has 0 N–H and O–H groups in total. The highest BCUT2D eigenvalue weighted by molar-refractivity contribution is 7.76. The van der Waals surface area contributed by atoms with Gasteiger partial charge in [-0.3, -0.25) is 0 Å². The van der Waals surface area contributed by atoms with Gasteiger partial charge in [-0.1, -0.05) is 255 Å². The zero-order valence-electron chi connectivity index (χ0n) is 34.5. The van der Waals surface area contributed by atoms with Crippen molar-refractivity contribution >= 4 is 74.1 Å². The molecule has 0 aromatic heterocycles. The molecule has 0 saturated heterocycles. The predicted octanol–water partition coefficient (Wildman–Crippen LogP) is 12.1. The maximum atomic E-state index is 2.31. The number of unbranched alkanes of at least 4 members (excludes halogenated alkanes) is 3. The molecule has 0 heterocycles. The molecule has 60 heavy (non-hydrogen) atoms. The molecule has 0 atom stereocenters. The Bertz CT molecular complexity index is 1980. The van der Waals surface area contributed by atoms with Crippen LogP contribution in [0.1, 0.15) is 25.7 Å². The lowest BCUT2D eigenvalue weighted by Gasteiger charge is -2.24. The van der Waals surface area contributed by atoms with Crippen molar-refractivity contribution in [2.45, 2.75) is 25.7 Å². The summed E-state index contributed by atoms with van der Waals surface area (Å²) < 4.78 is 0. The van der Waals surface area contributed by atoms with Crippen molar-refractivity contribution in [1.29, 1.82) is 0 Å². The third-order valence-corrected chi connectivity index (χ3v) is 21.2. The average Bonchev–Trinajstić information content (AvgIpc) is 3.34. The van der Waals surface area contributed by atoms with E-state index in [2.05, 4.69) is 243 Å². The van der Waals surface area contributed by atoms with Gasteiger partial charge in [0.05, 0.1) is 0 Å². The van der Waals surface area contributed by atoms with Gasteiger partial charge in [0.25, 0.3) is 0 Å². The number of rotatable bonds is 18. The largest absolute Gasteiger partial charge is 0.0622 e. The normalized spacial score (nSPS) is 11.1. The fourth-order valence-electron chi connectivity index (χ4n) is 7.59. The Hall–Kier alpha value is -4.52. The van der Waals surface area contributed by atoms with Crippen LogP contribution in [0.2, 0.25) is 0 Å². The smallest absolute Gasteiger partial charge is 0.0195 e. The fraction of sp³-hybridized carbons (Fsp3) is 0.143. The van der Waals surface area contributed by atoms with Gasteiger partial charge in [-0.2, -0.15) is 0 Å². The molecule has 0 saturated carbocycles. The second-order valence-corrected chi connectivity index (χ2v) is 24.0. The summed E-state index contributed by atoms with van der Waals surface area (Å²) in [5.74, 6) is 0. The van der Waals surface area contributed by atoms with E-state index in [1.807, 2.05) is 0 Å². The van der Waals surface area contributed by atoms with E-state index in [4.69, 9.17) is 0 Å². The van der Waals surface area contributed by atoms with Crippen molar-refractivity contribution in [2.24, 2.45) is 0 Å². The SMILES string of the molecule is c1ccc(P(CCCCCCP(c2ccccc2)c2ccccc2)c2ccccc2)cc1.c1ccc(P(CCP(c2ccccc2)c2ccccc2)c2ccccc2)cc1. The molecule has 0 spiro atoms. The van der Waals surface area contributed by atoms with E-state index in [9.17, 15) is 0 Å². The minimum Gasteiger partial charge on any atom is -0.0622 e. The molecule has 0 unspecified atom stereocenters. The Labute approximate surface area is 365 Å². The number of benzene rings is 8. The van der Waals surface area contributed by atoms with Crippen molar-refractivity contribution in [3.63, 3.8) is 0 Å². The van der Waals surface area contributed by atoms with Crippen LogP contribution in [0, 0.1) is 0 Å². The standard InChI is InChI=1S/C30H32P2.C26H24P2/c1(15-25-31(27-17-7-3-8-18-27)28-19-9-4-10-20-28)2-16-26-32(29-21-11-5-12-22-29)30-23-13-6-14-24-30;1-5-13-23(14-6-1)27(24-15-7-2-8-16-24)21-22-28(25-17-9-3-10-18-25)26-19-11-4-12-20-26/h3-14,17-24H,1-2,15-16,25-26H2;1-20H,21-22H2. The van der Waals surface area contributed by atoms with Crippen molar-refractivity contribution in [2.75, 3.05) is 24.6 Å². The summed E-state index contributed by atoms with van der Waals surface area (Å²) >= 11 is 0. The highest BCUT2D eigenvalue weighted by Crippen LogP contribution is 2.41. The third-order valence-electron chi connectivity index (χ3n) is 10.6. The molecule has 8 aromatic carbocycles. The van der Waals surface area contributed by atoms with Gasteiger partial charge in [-0.15, -0.1) is 0 Å². The molecule has 0 aliphatic rings. The summed E-state index contributed by atoms with van der Waals surface area (Å²) in [5, 5.41) is 11.9. The fourth-order valence-corrected chi connectivity index (χ4v) is 17.8. The Morgan fingerprint density at radius 1 is 0.167 bits per heavy atom. The van der Waals surface area contributed by atoms with Crippen LogP contribution in [0.4, 0.5) is 0 Å². The molecule has 0 radical (unpaired) electrons. The van der Waals surface area contributed by atoms with Crippen LogP contribution in [0.3, 0.4) is 0 Å². The molecular weight excluding hydrogens is 797 g/mol. The average molecular weight is 853 g/mol. The Balaban J connectivity index is 0.000000183. The van der Waals surface area contributed by atoms with Crippen LogP contribution in [-0.2, 0) is 0 Å². The van der Waals surface area contributed by atoms with Gasteiger partial charge in [-0.05, 0) is 112 Å². The van der Waals surface area contributed by atoms with Crippen LogP contribution in [0.5, 0.6) is 0 Å². The van der Waals surface area contributed by atoms with Crippen LogP contribution in [-0.4, -0.2) is 24.6 Å². The van der Waals surface area contributed by atoms with Crippen LogP contribution < -0.4 is 42.4 Å². The zero-order chi connectivity index (χ0) is 40.9. The lowest BCUT2D eigenvalue weighted by molar-refractivity contribution is 0.709. The van der Waals surface area contributed by atoms with Crippen LogP contribution in [0.15, 0.2) is 243 Å². The second kappa shape index (κ2) is 24.7. The molecule has 8 aromatic rings. The molecule has 0 amide bonds. The molecule has 0 fully saturated rings. The minimum atomic E-state index is -0.348. The van der Waals surface area contributed by atoms with Gasteiger partial charge >= 0.3 is 0 Å². The summed E-state index contributed by atoms with van der Waals surface area (Å²) in [6.07, 6.45) is 10.3. The predicted molar refractivity (Wildman–Crippen MR) is 274 cm³/mol. The van der Waals surface area contributed by atoms with E-state index in [-0.39, 0.29) is 31.7 Å². The van der Waals surface area contributed by atoms with E-state index in [1.54, 1.807) is 0 Å². The first-order valence-corrected chi connectivity index (χ1v) is 27.4. The van der Waals surface area contributed by atoms with Crippen molar-refractivity contribution in [3.8, 4) is 0 Å². The molecule has 8 rings (SSSR count). The summed E-state index contributed by atoms with van der Waals surface area (Å²) in [6.45, 7) is 0. The van der Waals surface area contributed by atoms with Gasteiger partial charge in [-0.25, -0.2) is 0 Å². The second-order valence-electron chi connectivity index (χ2n) is 14.7. The maximum absolute atomic E-state index is 2.31. The van der Waals surface area contributed by atoms with Gasteiger partial charge in [0.2, 0.25) is 0 Å². The van der Waals surface area contributed by atoms with Crippen molar-refractivity contribution in [3.05, 3.63) is 243 Å². The summed E-state index contributed by atoms with van der Waals surface area (Å²) in [5.41, 5.74) is 0. The highest BCUT2D eigenvalue weighted by Gasteiger charge is 2.19. The number of hydrogen-bond acceptors (Lipinski definition) is 0. The molecule has 0 nitrogen and oxygen atoms in total. The van der Waals surface area contributed by atoms with Crippen molar-refractivity contribution in [1.82, 2.24) is 0 Å². The van der Waals surface area contributed by atoms with Gasteiger partial charge in [0.15, 0.2) is 0 Å². The summed E-state index contributed by atoms with van der Waals surface area (Å²) in [7, 11) is -1.20. The molecular formula is C56H56P4. The first kappa shape index (κ1) is 43.6. The Kier molecular flexibility index (Phi) is 17.9. The lowest BCUT2D eigenvalue weighted by Crippen LogP contribution is -2.19. The molecule has 0 bridgehead atoms. The van der Waals surface area contributed by atoms with Gasteiger partial charge in [0, 0.05) is 0 Å². The Morgan fingerprint density at radius 3 is 0.483 bits per heavy atom. The van der Waals surface area contributed by atoms with E-state index in [1.165, 1.54) is 92.8 Å². The van der Waals surface area contributed by atoms with E-state index >= 15 is 0 Å². The summed E-state index contributed by atoms with van der Waals surface area (Å²) in [4.78, 5) is 0. The first-order valence-electron chi connectivity index (χ1n) is 21.3. The van der Waals surface area contributed by atoms with Gasteiger partial charge < -0.3 is 0 Å². The highest BCUT2D eigenvalue weighted by atomic mass is 31.1. The van der Waals surface area contributed by atoms with Crippen LogP contribution >= 0.6 is 31.7 Å². The number of hydrogen-bond donors (Lipinski definition) is 0. The Morgan fingerprint density at radius 2 is 0.317 bits per heavy atom. The quantitative estimate of drug-likeness (QED) is 0.0596. The van der Waals surface area contributed by atoms with E-state index in [0.717, 1.165) is 0 Å².